The second kappa shape index (κ2) is 6.60. The molecule has 7 heteroatoms. The highest BCUT2D eigenvalue weighted by molar-refractivity contribution is 5.88. The summed E-state index contributed by atoms with van der Waals surface area (Å²) in [7, 11) is 0. The zero-order chi connectivity index (χ0) is 16.2. The number of urea groups is 1. The summed E-state index contributed by atoms with van der Waals surface area (Å²) in [5.74, 6) is 2.46. The van der Waals surface area contributed by atoms with Gasteiger partial charge in [0.2, 0.25) is 0 Å². The minimum absolute atomic E-state index is 0.194. The van der Waals surface area contributed by atoms with Gasteiger partial charge in [-0.3, -0.25) is 5.32 Å². The van der Waals surface area contributed by atoms with Crippen LogP contribution in [0, 0.1) is 6.92 Å². The molecule has 0 saturated carbocycles. The summed E-state index contributed by atoms with van der Waals surface area (Å²) in [4.78, 5) is 12.0. The molecule has 23 heavy (non-hydrogen) atoms. The molecule has 2 N–H and O–H groups in total. The van der Waals surface area contributed by atoms with Crippen molar-refractivity contribution in [2.45, 2.75) is 26.3 Å². The topological polar surface area (TPSA) is 85.6 Å². The fourth-order valence-corrected chi connectivity index (χ4v) is 2.31. The van der Waals surface area contributed by atoms with Crippen molar-refractivity contribution in [1.29, 1.82) is 0 Å². The Labute approximate surface area is 133 Å². The number of amides is 2. The van der Waals surface area contributed by atoms with Crippen LogP contribution in [0.5, 0.6) is 11.5 Å². The molecule has 7 nitrogen and oxygen atoms in total. The van der Waals surface area contributed by atoms with Crippen molar-refractivity contribution in [2.75, 3.05) is 18.5 Å². The van der Waals surface area contributed by atoms with E-state index in [0.717, 1.165) is 17.7 Å². The molecular weight excluding hydrogens is 298 g/mol. The predicted molar refractivity (Wildman–Crippen MR) is 83.9 cm³/mol. The lowest BCUT2D eigenvalue weighted by Crippen LogP contribution is -2.31. The average Bonchev–Trinajstić information content (AvgIpc) is 2.79. The second-order valence-corrected chi connectivity index (χ2v) is 5.40. The number of aryl methyl sites for hydroxylation is 1. The zero-order valence-electron chi connectivity index (χ0n) is 13.1. The van der Waals surface area contributed by atoms with Gasteiger partial charge in [0.25, 0.3) is 0 Å². The predicted octanol–water partition coefficient (Wildman–Crippen LogP) is 3.03. The van der Waals surface area contributed by atoms with Gasteiger partial charge in [-0.1, -0.05) is 11.2 Å². The van der Waals surface area contributed by atoms with Crippen LogP contribution in [0.1, 0.15) is 30.7 Å². The summed E-state index contributed by atoms with van der Waals surface area (Å²) in [6.07, 6.45) is 0.858. The van der Waals surface area contributed by atoms with Crippen molar-refractivity contribution in [1.82, 2.24) is 10.5 Å². The number of hydrogen-bond acceptors (Lipinski definition) is 5. The highest BCUT2D eigenvalue weighted by Gasteiger charge is 2.15. The fourth-order valence-electron chi connectivity index (χ4n) is 2.31. The van der Waals surface area contributed by atoms with E-state index < -0.39 is 0 Å². The largest absolute Gasteiger partial charge is 0.490 e. The van der Waals surface area contributed by atoms with Crippen LogP contribution in [-0.2, 0) is 0 Å². The Morgan fingerprint density at radius 1 is 1.22 bits per heavy atom. The first-order valence-corrected chi connectivity index (χ1v) is 7.52. The van der Waals surface area contributed by atoms with E-state index in [4.69, 9.17) is 14.0 Å². The van der Waals surface area contributed by atoms with E-state index in [1.165, 1.54) is 0 Å². The van der Waals surface area contributed by atoms with Gasteiger partial charge >= 0.3 is 6.03 Å². The van der Waals surface area contributed by atoms with Gasteiger partial charge in [0.05, 0.1) is 19.3 Å². The number of fused-ring (bicyclic) bond motifs is 1. The molecule has 0 spiro atoms. The first-order chi connectivity index (χ1) is 11.1. The quantitative estimate of drug-likeness (QED) is 0.909. The number of carbonyl (C=O) groups is 1. The van der Waals surface area contributed by atoms with Crippen LogP contribution in [0.2, 0.25) is 0 Å². The molecule has 1 atom stereocenters. The molecule has 1 aliphatic heterocycles. The Kier molecular flexibility index (Phi) is 4.36. The van der Waals surface area contributed by atoms with E-state index in [0.29, 0.717) is 30.5 Å². The fraction of sp³-hybridized carbons (Fsp3) is 0.375. The van der Waals surface area contributed by atoms with Gasteiger partial charge in [-0.05, 0) is 31.5 Å². The lowest BCUT2D eigenvalue weighted by atomic mass is 10.1. The summed E-state index contributed by atoms with van der Waals surface area (Å²) < 4.78 is 16.2. The standard InChI is InChI=1S/C16H19N3O4/c1-10-8-15(19-23-10)18-16(20)17-11(2)12-4-5-13-14(9-12)22-7-3-6-21-13/h4-5,8-9,11H,3,6-7H2,1-2H3,(H2,17,18,19,20)/t11-/m1/s1. The molecular formula is C16H19N3O4. The molecule has 2 heterocycles. The first-order valence-electron chi connectivity index (χ1n) is 7.52. The maximum atomic E-state index is 12.0. The van der Waals surface area contributed by atoms with E-state index in [9.17, 15) is 4.79 Å². The number of anilines is 1. The Bertz CT molecular complexity index is 698. The van der Waals surface area contributed by atoms with Gasteiger partial charge in [0.1, 0.15) is 5.76 Å². The normalized spacial score (nSPS) is 14.7. The third kappa shape index (κ3) is 3.74. The molecule has 1 aliphatic rings. The maximum absolute atomic E-state index is 12.0. The molecule has 2 aromatic rings. The molecule has 0 bridgehead atoms. The van der Waals surface area contributed by atoms with Gasteiger partial charge in [-0.15, -0.1) is 0 Å². The summed E-state index contributed by atoms with van der Waals surface area (Å²) in [5, 5.41) is 9.19. The summed E-state index contributed by atoms with van der Waals surface area (Å²) >= 11 is 0. The SMILES string of the molecule is Cc1cc(NC(=O)N[C@H](C)c2ccc3c(c2)OCCCO3)no1. The molecule has 0 radical (unpaired) electrons. The number of rotatable bonds is 3. The molecule has 3 rings (SSSR count). The number of aromatic nitrogens is 1. The highest BCUT2D eigenvalue weighted by atomic mass is 16.5. The van der Waals surface area contributed by atoms with Crippen molar-refractivity contribution < 1.29 is 18.8 Å². The molecule has 0 aliphatic carbocycles. The molecule has 1 aromatic heterocycles. The van der Waals surface area contributed by atoms with Crippen LogP contribution in [0.15, 0.2) is 28.8 Å². The van der Waals surface area contributed by atoms with Crippen molar-refractivity contribution in [3.63, 3.8) is 0 Å². The van der Waals surface area contributed by atoms with Crippen LogP contribution >= 0.6 is 0 Å². The van der Waals surface area contributed by atoms with E-state index in [2.05, 4.69) is 15.8 Å². The van der Waals surface area contributed by atoms with Crippen LogP contribution in [-0.4, -0.2) is 24.4 Å². The number of hydrogen-bond donors (Lipinski definition) is 2. The van der Waals surface area contributed by atoms with E-state index in [-0.39, 0.29) is 12.1 Å². The van der Waals surface area contributed by atoms with Crippen molar-refractivity contribution in [3.8, 4) is 11.5 Å². The zero-order valence-corrected chi connectivity index (χ0v) is 13.1. The Morgan fingerprint density at radius 2 is 2.00 bits per heavy atom. The Hall–Kier alpha value is -2.70. The van der Waals surface area contributed by atoms with Crippen molar-refractivity contribution >= 4 is 11.8 Å². The molecule has 0 fully saturated rings. The number of benzene rings is 1. The molecule has 0 saturated heterocycles. The second-order valence-electron chi connectivity index (χ2n) is 5.40. The van der Waals surface area contributed by atoms with Gasteiger partial charge in [0.15, 0.2) is 17.3 Å². The number of carbonyl (C=O) groups excluding carboxylic acids is 1. The minimum atomic E-state index is -0.349. The van der Waals surface area contributed by atoms with E-state index >= 15 is 0 Å². The maximum Gasteiger partial charge on any atom is 0.320 e. The first kappa shape index (κ1) is 15.2. The third-order valence-electron chi connectivity index (χ3n) is 3.49. The Morgan fingerprint density at radius 3 is 2.74 bits per heavy atom. The van der Waals surface area contributed by atoms with E-state index in [1.807, 2.05) is 25.1 Å². The molecule has 2 amide bonds. The van der Waals surface area contributed by atoms with Gasteiger partial charge in [0, 0.05) is 12.5 Å². The van der Waals surface area contributed by atoms with Gasteiger partial charge < -0.3 is 19.3 Å². The summed E-state index contributed by atoms with van der Waals surface area (Å²) in [6.45, 7) is 4.94. The van der Waals surface area contributed by atoms with Crippen LogP contribution < -0.4 is 20.1 Å². The number of nitrogens with one attached hydrogen (secondary N) is 2. The third-order valence-corrected chi connectivity index (χ3v) is 3.49. The lowest BCUT2D eigenvalue weighted by Gasteiger charge is -2.16. The highest BCUT2D eigenvalue weighted by Crippen LogP contribution is 2.32. The van der Waals surface area contributed by atoms with Crippen molar-refractivity contribution in [2.24, 2.45) is 0 Å². The number of ether oxygens (including phenoxy) is 2. The summed E-state index contributed by atoms with van der Waals surface area (Å²) in [5.41, 5.74) is 0.931. The average molecular weight is 317 g/mol. The van der Waals surface area contributed by atoms with Crippen LogP contribution in [0.25, 0.3) is 0 Å². The minimum Gasteiger partial charge on any atom is -0.490 e. The summed E-state index contributed by atoms with van der Waals surface area (Å²) in [6, 6.07) is 6.79. The van der Waals surface area contributed by atoms with Crippen molar-refractivity contribution in [3.05, 3.63) is 35.6 Å². The molecule has 1 aromatic carbocycles. The monoisotopic (exact) mass is 317 g/mol. The lowest BCUT2D eigenvalue weighted by molar-refractivity contribution is 0.249. The molecule has 0 unspecified atom stereocenters. The van der Waals surface area contributed by atoms with Crippen LogP contribution in [0.3, 0.4) is 0 Å². The van der Waals surface area contributed by atoms with E-state index in [1.54, 1.807) is 13.0 Å². The van der Waals surface area contributed by atoms with Crippen LogP contribution in [0.4, 0.5) is 10.6 Å². The Balaban J connectivity index is 1.64. The van der Waals surface area contributed by atoms with Gasteiger partial charge in [-0.2, -0.15) is 0 Å². The number of nitrogens with zero attached hydrogens (tertiary/aromatic N) is 1. The molecule has 122 valence electrons. The smallest absolute Gasteiger partial charge is 0.320 e. The van der Waals surface area contributed by atoms with Gasteiger partial charge in [-0.25, -0.2) is 4.79 Å².